The normalized spacial score (nSPS) is 18.1. The molecule has 1 saturated heterocycles. The van der Waals surface area contributed by atoms with Crippen LogP contribution in [-0.2, 0) is 11.3 Å². The van der Waals surface area contributed by atoms with Gasteiger partial charge >= 0.3 is 0 Å². The van der Waals surface area contributed by atoms with Crippen molar-refractivity contribution in [2.75, 3.05) is 20.8 Å². The zero-order valence-corrected chi connectivity index (χ0v) is 15.9. The minimum atomic E-state index is -0.620. The van der Waals surface area contributed by atoms with E-state index in [0.29, 0.717) is 35.6 Å². The number of hydrogen-bond acceptors (Lipinski definition) is 4. The molecule has 140 valence electrons. The first-order valence-corrected chi connectivity index (χ1v) is 8.48. The van der Waals surface area contributed by atoms with E-state index in [2.05, 4.69) is 0 Å². The predicted molar refractivity (Wildman–Crippen MR) is 99.5 cm³/mol. The Labute approximate surface area is 153 Å². The Morgan fingerprint density at radius 3 is 2.50 bits per heavy atom. The number of allylic oxidation sites excluding steroid dienone is 2. The van der Waals surface area contributed by atoms with Crippen molar-refractivity contribution in [3.8, 4) is 11.5 Å². The molecule has 2 rings (SSSR count). The van der Waals surface area contributed by atoms with Gasteiger partial charge in [0.15, 0.2) is 0 Å². The van der Waals surface area contributed by atoms with Gasteiger partial charge in [-0.2, -0.15) is 0 Å². The molecule has 0 atom stereocenters. The van der Waals surface area contributed by atoms with Crippen LogP contribution in [0.5, 0.6) is 11.5 Å². The van der Waals surface area contributed by atoms with Gasteiger partial charge in [0.2, 0.25) is 0 Å². The van der Waals surface area contributed by atoms with Gasteiger partial charge in [-0.05, 0) is 32.4 Å². The summed E-state index contributed by atoms with van der Waals surface area (Å²) < 4.78 is 25.1. The minimum Gasteiger partial charge on any atom is -0.497 e. The molecule has 0 unspecified atom stereocenters. The average Bonchev–Trinajstić information content (AvgIpc) is 2.96. The molecule has 0 aromatic heterocycles. The average molecular weight is 360 g/mol. The summed E-state index contributed by atoms with van der Waals surface area (Å²) in [4.78, 5) is 14.5. The molecule has 0 bridgehead atoms. The van der Waals surface area contributed by atoms with Gasteiger partial charge in [0.25, 0.3) is 5.91 Å². The van der Waals surface area contributed by atoms with E-state index < -0.39 is 5.83 Å². The Balaban J connectivity index is 2.42. The van der Waals surface area contributed by atoms with Crippen LogP contribution in [0.25, 0.3) is 0 Å². The fraction of sp³-hybridized carbons (Fsp3) is 0.400. The first-order valence-electron chi connectivity index (χ1n) is 8.48. The Morgan fingerprint density at radius 1 is 1.27 bits per heavy atom. The van der Waals surface area contributed by atoms with E-state index in [-0.39, 0.29) is 18.2 Å². The van der Waals surface area contributed by atoms with Gasteiger partial charge in [0, 0.05) is 29.3 Å². The minimum absolute atomic E-state index is 0.142. The van der Waals surface area contributed by atoms with Crippen molar-refractivity contribution in [1.29, 1.82) is 5.41 Å². The smallest absolute Gasteiger partial charge is 0.254 e. The molecular formula is C20H25FN2O3. The summed E-state index contributed by atoms with van der Waals surface area (Å²) in [5.74, 6) is 0.432. The van der Waals surface area contributed by atoms with Gasteiger partial charge < -0.3 is 19.8 Å². The van der Waals surface area contributed by atoms with Crippen LogP contribution in [0, 0.1) is 5.41 Å². The molecule has 1 aliphatic rings. The summed E-state index contributed by atoms with van der Waals surface area (Å²) in [5, 5.41) is 7.60. The molecule has 1 aromatic rings. The number of rotatable bonds is 6. The lowest BCUT2D eigenvalue weighted by Gasteiger charge is -2.18. The van der Waals surface area contributed by atoms with Crippen LogP contribution in [0.2, 0.25) is 0 Å². The molecule has 1 aromatic carbocycles. The van der Waals surface area contributed by atoms with Crippen LogP contribution in [0.3, 0.4) is 0 Å². The zero-order valence-electron chi connectivity index (χ0n) is 15.9. The van der Waals surface area contributed by atoms with Crippen molar-refractivity contribution in [2.45, 2.75) is 33.7 Å². The van der Waals surface area contributed by atoms with Crippen LogP contribution in [-0.4, -0.2) is 37.3 Å². The summed E-state index contributed by atoms with van der Waals surface area (Å²) in [6, 6.07) is 5.38. The number of ether oxygens (including phenoxy) is 2. The molecule has 6 heteroatoms. The van der Waals surface area contributed by atoms with Crippen molar-refractivity contribution >= 4 is 11.6 Å². The Hall–Kier alpha value is -2.63. The second-order valence-electron chi connectivity index (χ2n) is 6.27. The summed E-state index contributed by atoms with van der Waals surface area (Å²) in [6.45, 7) is 5.58. The van der Waals surface area contributed by atoms with Crippen LogP contribution >= 0.6 is 0 Å². The highest BCUT2D eigenvalue weighted by atomic mass is 19.1. The number of benzene rings is 1. The van der Waals surface area contributed by atoms with Crippen LogP contribution < -0.4 is 9.47 Å². The largest absolute Gasteiger partial charge is 0.497 e. The van der Waals surface area contributed by atoms with E-state index in [4.69, 9.17) is 14.9 Å². The van der Waals surface area contributed by atoms with Crippen molar-refractivity contribution in [1.82, 2.24) is 4.90 Å². The van der Waals surface area contributed by atoms with E-state index in [1.807, 2.05) is 19.9 Å². The molecule has 0 saturated carbocycles. The van der Waals surface area contributed by atoms with Gasteiger partial charge in [0.05, 0.1) is 26.5 Å². The quantitative estimate of drug-likeness (QED) is 0.615. The van der Waals surface area contributed by atoms with E-state index in [1.165, 1.54) is 6.92 Å². The van der Waals surface area contributed by atoms with E-state index in [9.17, 15) is 9.18 Å². The first kappa shape index (κ1) is 19.7. The molecule has 1 N–H and O–H groups in total. The molecule has 5 nitrogen and oxygen atoms in total. The van der Waals surface area contributed by atoms with Crippen molar-refractivity contribution in [3.63, 3.8) is 0 Å². The molecule has 26 heavy (non-hydrogen) atoms. The molecule has 1 amide bonds. The number of likely N-dealkylation sites (tertiary alicyclic amines) is 1. The highest BCUT2D eigenvalue weighted by Gasteiger charge is 2.35. The van der Waals surface area contributed by atoms with Gasteiger partial charge in [-0.1, -0.05) is 12.5 Å². The molecule has 0 aliphatic carbocycles. The lowest BCUT2D eigenvalue weighted by Crippen LogP contribution is -2.25. The molecule has 0 spiro atoms. The lowest BCUT2D eigenvalue weighted by atomic mass is 10.00. The number of carbonyl (C=O) groups is 1. The van der Waals surface area contributed by atoms with Crippen LogP contribution in [0.1, 0.15) is 32.8 Å². The summed E-state index contributed by atoms with van der Waals surface area (Å²) in [5.41, 5.74) is 2.16. The Kier molecular flexibility index (Phi) is 6.18. The summed E-state index contributed by atoms with van der Waals surface area (Å²) >= 11 is 0. The number of carbonyl (C=O) groups excluding carboxylic acids is 1. The monoisotopic (exact) mass is 360 g/mol. The van der Waals surface area contributed by atoms with E-state index in [1.54, 1.807) is 31.3 Å². The Morgan fingerprint density at radius 2 is 1.96 bits per heavy atom. The maximum Gasteiger partial charge on any atom is 0.254 e. The van der Waals surface area contributed by atoms with E-state index >= 15 is 0 Å². The number of amides is 1. The van der Waals surface area contributed by atoms with Crippen LogP contribution in [0.4, 0.5) is 4.39 Å². The molecule has 1 heterocycles. The lowest BCUT2D eigenvalue weighted by molar-refractivity contribution is -0.125. The SMILES string of the molecule is CCC(C)=C1C(=O)N(Cc2ccc(OC)cc2OC)CC1=C(F)C(C)=N. The summed E-state index contributed by atoms with van der Waals surface area (Å²) in [7, 11) is 3.13. The third-order valence-corrected chi connectivity index (χ3v) is 4.56. The Bertz CT molecular complexity index is 796. The molecule has 1 aliphatic heterocycles. The van der Waals surface area contributed by atoms with E-state index in [0.717, 1.165) is 11.1 Å². The maximum atomic E-state index is 14.5. The highest BCUT2D eigenvalue weighted by molar-refractivity contribution is 6.06. The molecular weight excluding hydrogens is 335 g/mol. The second kappa shape index (κ2) is 8.17. The highest BCUT2D eigenvalue weighted by Crippen LogP contribution is 2.34. The number of methoxy groups -OCH3 is 2. The van der Waals surface area contributed by atoms with Crippen molar-refractivity contribution in [3.05, 3.63) is 46.3 Å². The molecule has 1 fully saturated rings. The number of halogens is 1. The number of nitrogens with one attached hydrogen (secondary N) is 1. The van der Waals surface area contributed by atoms with Crippen molar-refractivity contribution in [2.24, 2.45) is 0 Å². The van der Waals surface area contributed by atoms with Gasteiger partial charge in [0.1, 0.15) is 17.3 Å². The molecule has 0 radical (unpaired) electrons. The third kappa shape index (κ3) is 3.79. The van der Waals surface area contributed by atoms with Gasteiger partial charge in [-0.15, -0.1) is 0 Å². The fourth-order valence-corrected chi connectivity index (χ4v) is 2.97. The standard InChI is InChI=1S/C20H25FN2O3/c1-6-12(2)18-16(19(21)13(3)22)11-23(20(18)24)10-14-7-8-15(25-4)9-17(14)26-5/h7-9,22H,6,10-11H2,1-5H3. The second-order valence-corrected chi connectivity index (χ2v) is 6.27. The van der Waals surface area contributed by atoms with Crippen LogP contribution in [0.15, 0.2) is 40.7 Å². The number of nitrogens with zero attached hydrogens (tertiary/aromatic N) is 1. The maximum absolute atomic E-state index is 14.5. The van der Waals surface area contributed by atoms with Gasteiger partial charge in [-0.3, -0.25) is 4.79 Å². The predicted octanol–water partition coefficient (Wildman–Crippen LogP) is 4.04. The fourth-order valence-electron chi connectivity index (χ4n) is 2.97. The third-order valence-electron chi connectivity index (χ3n) is 4.56. The first-order chi connectivity index (χ1) is 12.3. The topological polar surface area (TPSA) is 62.6 Å². The summed E-state index contributed by atoms with van der Waals surface area (Å²) in [6.07, 6.45) is 0.647. The number of hydrogen-bond donors (Lipinski definition) is 1. The van der Waals surface area contributed by atoms with Crippen molar-refractivity contribution < 1.29 is 18.7 Å². The van der Waals surface area contributed by atoms with Gasteiger partial charge in [-0.25, -0.2) is 4.39 Å². The zero-order chi connectivity index (χ0) is 19.4.